The van der Waals surface area contributed by atoms with Crippen molar-refractivity contribution in [3.63, 3.8) is 0 Å². The maximum absolute atomic E-state index is 12.6. The van der Waals surface area contributed by atoms with Gasteiger partial charge in [-0.1, -0.05) is 48.0 Å². The standard InChI is InChI=1S/C23H28O8S/c1-15-9-11-17(12-10-15)32(25,26)28-14-18-20-21(31-23(2,3)30-20)19(24)22(29-18)27-13-16-7-5-4-6-8-16/h4-12,18-22,24H,13-14H2,1-3H3/t18-,19-,20+,21-,22-/m1/s1. The molecule has 1 N–H and O–H groups in total. The van der Waals surface area contributed by atoms with E-state index in [-0.39, 0.29) is 18.1 Å². The Bertz CT molecular complexity index is 1010. The van der Waals surface area contributed by atoms with E-state index in [4.69, 9.17) is 23.1 Å². The van der Waals surface area contributed by atoms with Gasteiger partial charge in [0.15, 0.2) is 12.1 Å². The fourth-order valence-corrected chi connectivity index (χ4v) is 4.73. The van der Waals surface area contributed by atoms with Crippen molar-refractivity contribution >= 4 is 10.1 Å². The van der Waals surface area contributed by atoms with Gasteiger partial charge in [0.1, 0.15) is 24.4 Å². The van der Waals surface area contributed by atoms with Gasteiger partial charge >= 0.3 is 0 Å². The minimum atomic E-state index is -4.00. The molecule has 2 fully saturated rings. The van der Waals surface area contributed by atoms with Crippen molar-refractivity contribution in [3.8, 4) is 0 Å². The van der Waals surface area contributed by atoms with E-state index in [9.17, 15) is 13.5 Å². The predicted molar refractivity (Wildman–Crippen MR) is 114 cm³/mol. The summed E-state index contributed by atoms with van der Waals surface area (Å²) in [5.74, 6) is -0.970. The van der Waals surface area contributed by atoms with Crippen LogP contribution >= 0.6 is 0 Å². The fraction of sp³-hybridized carbons (Fsp3) is 0.478. The number of ether oxygens (including phenoxy) is 4. The summed E-state index contributed by atoms with van der Waals surface area (Å²) in [6.07, 6.45) is -4.45. The minimum Gasteiger partial charge on any atom is -0.385 e. The van der Waals surface area contributed by atoms with Gasteiger partial charge in [0.25, 0.3) is 10.1 Å². The number of aliphatic hydroxyl groups excluding tert-OH is 1. The maximum Gasteiger partial charge on any atom is 0.297 e. The Kier molecular flexibility index (Phi) is 6.69. The lowest BCUT2D eigenvalue weighted by molar-refractivity contribution is -0.284. The third-order valence-electron chi connectivity index (χ3n) is 5.41. The van der Waals surface area contributed by atoms with E-state index in [1.165, 1.54) is 12.1 Å². The molecule has 0 radical (unpaired) electrons. The van der Waals surface area contributed by atoms with E-state index >= 15 is 0 Å². The molecule has 2 aromatic carbocycles. The SMILES string of the molecule is Cc1ccc(S(=O)(=O)OC[C@H]2O[C@@H](OCc3ccccc3)[C@H](O)[C@H]3OC(C)(C)O[C@H]32)cc1. The summed E-state index contributed by atoms with van der Waals surface area (Å²) in [5.41, 5.74) is 1.85. The highest BCUT2D eigenvalue weighted by Gasteiger charge is 2.55. The normalized spacial score (nSPS) is 29.6. The summed E-state index contributed by atoms with van der Waals surface area (Å²) in [4.78, 5) is 0.0521. The molecular weight excluding hydrogens is 436 g/mol. The Morgan fingerprint density at radius 2 is 1.66 bits per heavy atom. The molecule has 32 heavy (non-hydrogen) atoms. The molecule has 174 valence electrons. The predicted octanol–water partition coefficient (Wildman–Crippen LogP) is 2.52. The molecule has 2 saturated heterocycles. The number of hydrogen-bond acceptors (Lipinski definition) is 8. The summed E-state index contributed by atoms with van der Waals surface area (Å²) in [6.45, 7) is 5.21. The minimum absolute atomic E-state index is 0.0521. The van der Waals surface area contributed by atoms with Crippen molar-refractivity contribution < 1.29 is 36.7 Å². The summed E-state index contributed by atoms with van der Waals surface area (Å²) in [7, 11) is -4.00. The average Bonchev–Trinajstić information content (AvgIpc) is 3.09. The number of hydrogen-bond donors (Lipinski definition) is 1. The van der Waals surface area contributed by atoms with Gasteiger partial charge in [-0.15, -0.1) is 0 Å². The first kappa shape index (κ1) is 23.3. The Morgan fingerprint density at radius 1 is 1.00 bits per heavy atom. The molecule has 0 amide bonds. The number of aliphatic hydroxyl groups is 1. The molecular formula is C23H28O8S. The van der Waals surface area contributed by atoms with Gasteiger partial charge in [-0.25, -0.2) is 0 Å². The number of fused-ring (bicyclic) bond motifs is 1. The zero-order chi connectivity index (χ0) is 22.9. The van der Waals surface area contributed by atoms with Crippen molar-refractivity contribution in [2.45, 2.75) is 68.8 Å². The van der Waals surface area contributed by atoms with Crippen LogP contribution in [0, 0.1) is 6.92 Å². The number of rotatable bonds is 7. The van der Waals surface area contributed by atoms with E-state index in [0.29, 0.717) is 0 Å². The quantitative estimate of drug-likeness (QED) is 0.624. The summed E-state index contributed by atoms with van der Waals surface area (Å²) < 4.78 is 54.0. The molecule has 0 aliphatic carbocycles. The molecule has 0 aromatic heterocycles. The third-order valence-corrected chi connectivity index (χ3v) is 6.70. The molecule has 0 saturated carbocycles. The molecule has 0 spiro atoms. The first-order valence-electron chi connectivity index (χ1n) is 10.5. The van der Waals surface area contributed by atoms with Crippen LogP contribution in [-0.4, -0.2) is 56.6 Å². The second kappa shape index (κ2) is 9.18. The highest BCUT2D eigenvalue weighted by molar-refractivity contribution is 7.86. The van der Waals surface area contributed by atoms with Crippen molar-refractivity contribution in [1.82, 2.24) is 0 Å². The van der Waals surface area contributed by atoms with Crippen LogP contribution in [0.2, 0.25) is 0 Å². The van der Waals surface area contributed by atoms with Gasteiger partial charge in [0.05, 0.1) is 18.1 Å². The zero-order valence-corrected chi connectivity index (χ0v) is 19.0. The van der Waals surface area contributed by atoms with Crippen LogP contribution in [0.3, 0.4) is 0 Å². The Labute approximate surface area is 188 Å². The summed E-state index contributed by atoms with van der Waals surface area (Å²) in [5, 5.41) is 10.8. The number of aryl methyl sites for hydroxylation is 1. The highest BCUT2D eigenvalue weighted by atomic mass is 32.2. The second-order valence-corrected chi connectivity index (χ2v) is 10.1. The van der Waals surface area contributed by atoms with Crippen LogP contribution in [0.15, 0.2) is 59.5 Å². The van der Waals surface area contributed by atoms with Gasteiger partial charge in [-0.3, -0.25) is 4.18 Å². The topological polar surface area (TPSA) is 101 Å². The molecule has 2 aliphatic rings. The van der Waals surface area contributed by atoms with Crippen LogP contribution in [0.5, 0.6) is 0 Å². The molecule has 0 bridgehead atoms. The molecule has 4 rings (SSSR count). The Hall–Kier alpha value is -1.85. The van der Waals surface area contributed by atoms with E-state index < -0.39 is 46.6 Å². The fourth-order valence-electron chi connectivity index (χ4n) is 3.81. The van der Waals surface area contributed by atoms with Gasteiger partial charge in [0, 0.05) is 0 Å². The second-order valence-electron chi connectivity index (χ2n) is 8.45. The first-order chi connectivity index (χ1) is 15.1. The van der Waals surface area contributed by atoms with Crippen LogP contribution in [0.25, 0.3) is 0 Å². The summed E-state index contributed by atoms with van der Waals surface area (Å²) in [6, 6.07) is 15.8. The average molecular weight is 465 g/mol. The monoisotopic (exact) mass is 464 g/mol. The van der Waals surface area contributed by atoms with Crippen LogP contribution in [-0.2, 0) is 39.9 Å². The summed E-state index contributed by atoms with van der Waals surface area (Å²) >= 11 is 0. The van der Waals surface area contributed by atoms with Crippen LogP contribution in [0.4, 0.5) is 0 Å². The van der Waals surface area contributed by atoms with Crippen molar-refractivity contribution in [1.29, 1.82) is 0 Å². The van der Waals surface area contributed by atoms with Crippen molar-refractivity contribution in [2.24, 2.45) is 0 Å². The Balaban J connectivity index is 1.48. The Morgan fingerprint density at radius 3 is 2.34 bits per heavy atom. The molecule has 0 unspecified atom stereocenters. The van der Waals surface area contributed by atoms with Gasteiger partial charge < -0.3 is 24.1 Å². The largest absolute Gasteiger partial charge is 0.385 e. The van der Waals surface area contributed by atoms with Gasteiger partial charge in [-0.2, -0.15) is 8.42 Å². The lowest BCUT2D eigenvalue weighted by atomic mass is 9.99. The van der Waals surface area contributed by atoms with E-state index in [0.717, 1.165) is 11.1 Å². The van der Waals surface area contributed by atoms with Crippen molar-refractivity contribution in [3.05, 3.63) is 65.7 Å². The zero-order valence-electron chi connectivity index (χ0n) is 18.2. The van der Waals surface area contributed by atoms with E-state index in [1.54, 1.807) is 26.0 Å². The van der Waals surface area contributed by atoms with Crippen LogP contribution < -0.4 is 0 Å². The molecule has 2 heterocycles. The lowest BCUT2D eigenvalue weighted by Gasteiger charge is -2.39. The third kappa shape index (κ3) is 5.20. The van der Waals surface area contributed by atoms with Gasteiger partial charge in [-0.05, 0) is 38.5 Å². The molecule has 2 aromatic rings. The van der Waals surface area contributed by atoms with Crippen LogP contribution in [0.1, 0.15) is 25.0 Å². The smallest absolute Gasteiger partial charge is 0.297 e. The molecule has 9 heteroatoms. The highest BCUT2D eigenvalue weighted by Crippen LogP contribution is 2.38. The molecule has 5 atom stereocenters. The molecule has 8 nitrogen and oxygen atoms in total. The van der Waals surface area contributed by atoms with Crippen molar-refractivity contribution in [2.75, 3.05) is 6.61 Å². The lowest BCUT2D eigenvalue weighted by Crippen LogP contribution is -2.58. The first-order valence-corrected chi connectivity index (χ1v) is 11.9. The molecule has 2 aliphatic heterocycles. The number of benzene rings is 2. The maximum atomic E-state index is 12.6. The van der Waals surface area contributed by atoms with E-state index in [2.05, 4.69) is 0 Å². The van der Waals surface area contributed by atoms with Gasteiger partial charge in [0.2, 0.25) is 0 Å². The van der Waals surface area contributed by atoms with E-state index in [1.807, 2.05) is 37.3 Å².